The highest BCUT2D eigenvalue weighted by Crippen LogP contribution is 2.26. The van der Waals surface area contributed by atoms with Crippen LogP contribution >= 0.6 is 11.6 Å². The lowest BCUT2D eigenvalue weighted by molar-refractivity contribution is -0.384. The van der Waals surface area contributed by atoms with Crippen LogP contribution in [0.1, 0.15) is 38.5 Å². The third-order valence-corrected chi connectivity index (χ3v) is 4.20. The molecule has 1 aromatic carbocycles. The molecule has 1 aromatic rings. The SMILES string of the molecule is O=[N+]([O-])c1ccc(NCCNC2CCCCCC2)c(Cl)c1. The molecule has 1 fully saturated rings. The van der Waals surface area contributed by atoms with Gasteiger partial charge in [0.05, 0.1) is 15.6 Å². The van der Waals surface area contributed by atoms with Gasteiger partial charge in [-0.3, -0.25) is 10.1 Å². The molecule has 1 aliphatic rings. The monoisotopic (exact) mass is 311 g/mol. The van der Waals surface area contributed by atoms with E-state index in [1.165, 1.54) is 50.7 Å². The number of hydrogen-bond donors (Lipinski definition) is 2. The number of benzene rings is 1. The maximum absolute atomic E-state index is 10.6. The highest BCUT2D eigenvalue weighted by Gasteiger charge is 2.11. The van der Waals surface area contributed by atoms with Crippen molar-refractivity contribution in [1.29, 1.82) is 0 Å². The smallest absolute Gasteiger partial charge is 0.271 e. The van der Waals surface area contributed by atoms with E-state index in [2.05, 4.69) is 10.6 Å². The molecule has 0 unspecified atom stereocenters. The molecule has 0 saturated heterocycles. The first-order chi connectivity index (χ1) is 10.2. The summed E-state index contributed by atoms with van der Waals surface area (Å²) in [6.07, 6.45) is 7.87. The van der Waals surface area contributed by atoms with E-state index in [1.54, 1.807) is 6.07 Å². The lowest BCUT2D eigenvalue weighted by Gasteiger charge is -2.16. The van der Waals surface area contributed by atoms with Crippen molar-refractivity contribution in [3.8, 4) is 0 Å². The van der Waals surface area contributed by atoms with Crippen LogP contribution in [0.5, 0.6) is 0 Å². The van der Waals surface area contributed by atoms with Gasteiger partial charge in [-0.1, -0.05) is 37.3 Å². The zero-order chi connectivity index (χ0) is 15.1. The molecular weight excluding hydrogens is 290 g/mol. The largest absolute Gasteiger partial charge is 0.383 e. The van der Waals surface area contributed by atoms with Crippen molar-refractivity contribution in [2.24, 2.45) is 0 Å². The molecule has 5 nitrogen and oxygen atoms in total. The Hall–Kier alpha value is -1.33. The molecule has 1 saturated carbocycles. The van der Waals surface area contributed by atoms with Gasteiger partial charge in [0, 0.05) is 31.3 Å². The third-order valence-electron chi connectivity index (χ3n) is 3.89. The summed E-state index contributed by atoms with van der Waals surface area (Å²) in [5.41, 5.74) is 0.757. The van der Waals surface area contributed by atoms with Crippen LogP contribution in [0.15, 0.2) is 18.2 Å². The molecule has 0 radical (unpaired) electrons. The number of halogens is 1. The maximum Gasteiger partial charge on any atom is 0.271 e. The van der Waals surface area contributed by atoms with Crippen LogP contribution in [0, 0.1) is 10.1 Å². The highest BCUT2D eigenvalue weighted by molar-refractivity contribution is 6.33. The highest BCUT2D eigenvalue weighted by atomic mass is 35.5. The Kier molecular flexibility index (Phi) is 6.26. The molecule has 0 aromatic heterocycles. The Balaban J connectivity index is 1.74. The molecule has 0 amide bonds. The predicted octanol–water partition coefficient (Wildman–Crippen LogP) is 3.97. The summed E-state index contributed by atoms with van der Waals surface area (Å²) in [5, 5.41) is 17.8. The van der Waals surface area contributed by atoms with E-state index >= 15 is 0 Å². The Morgan fingerprint density at radius 3 is 2.52 bits per heavy atom. The van der Waals surface area contributed by atoms with Gasteiger partial charge >= 0.3 is 0 Å². The number of hydrogen-bond acceptors (Lipinski definition) is 4. The molecule has 1 aliphatic carbocycles. The lowest BCUT2D eigenvalue weighted by Crippen LogP contribution is -2.32. The van der Waals surface area contributed by atoms with Crippen molar-refractivity contribution >= 4 is 23.0 Å². The van der Waals surface area contributed by atoms with Crippen LogP contribution in [0.25, 0.3) is 0 Å². The fraction of sp³-hybridized carbons (Fsp3) is 0.600. The topological polar surface area (TPSA) is 67.2 Å². The average Bonchev–Trinajstić information content (AvgIpc) is 2.73. The van der Waals surface area contributed by atoms with Gasteiger partial charge in [-0.05, 0) is 18.9 Å². The van der Waals surface area contributed by atoms with Crippen LogP contribution in [0.2, 0.25) is 5.02 Å². The Morgan fingerprint density at radius 1 is 1.19 bits per heavy atom. The van der Waals surface area contributed by atoms with Gasteiger partial charge in [-0.15, -0.1) is 0 Å². The zero-order valence-electron chi connectivity index (χ0n) is 12.1. The molecule has 6 heteroatoms. The lowest BCUT2D eigenvalue weighted by atomic mass is 10.1. The molecular formula is C15H22ClN3O2. The second-order valence-corrected chi connectivity index (χ2v) is 5.90. The molecule has 0 bridgehead atoms. The first-order valence-corrected chi connectivity index (χ1v) is 7.96. The minimum absolute atomic E-state index is 0.0159. The number of rotatable bonds is 6. The fourth-order valence-corrected chi connectivity index (χ4v) is 2.96. The number of anilines is 1. The van der Waals surface area contributed by atoms with E-state index in [0.29, 0.717) is 11.1 Å². The number of nitro benzene ring substituents is 1. The van der Waals surface area contributed by atoms with Gasteiger partial charge in [-0.2, -0.15) is 0 Å². The van der Waals surface area contributed by atoms with Crippen molar-refractivity contribution in [1.82, 2.24) is 5.32 Å². The summed E-state index contributed by atoms with van der Waals surface area (Å²) in [6.45, 7) is 1.63. The summed E-state index contributed by atoms with van der Waals surface area (Å²) >= 11 is 6.04. The summed E-state index contributed by atoms with van der Waals surface area (Å²) in [4.78, 5) is 10.2. The molecule has 2 rings (SSSR count). The fourth-order valence-electron chi connectivity index (χ4n) is 2.72. The number of nitro groups is 1. The van der Waals surface area contributed by atoms with Gasteiger partial charge in [0.15, 0.2) is 0 Å². The van der Waals surface area contributed by atoms with E-state index in [1.807, 2.05) is 0 Å². The molecule has 116 valence electrons. The first-order valence-electron chi connectivity index (χ1n) is 7.58. The Labute approximate surface area is 130 Å². The van der Waals surface area contributed by atoms with Crippen molar-refractivity contribution < 1.29 is 4.92 Å². The van der Waals surface area contributed by atoms with Gasteiger partial charge in [0.1, 0.15) is 0 Å². The van der Waals surface area contributed by atoms with E-state index < -0.39 is 4.92 Å². The van der Waals surface area contributed by atoms with Crippen molar-refractivity contribution in [2.75, 3.05) is 18.4 Å². The standard InChI is InChI=1S/C15H22ClN3O2/c16-14-11-13(19(20)21)7-8-15(14)18-10-9-17-12-5-3-1-2-4-6-12/h7-8,11-12,17-18H,1-6,9-10H2. The Morgan fingerprint density at radius 2 is 1.90 bits per heavy atom. The quantitative estimate of drug-likeness (QED) is 0.361. The van der Waals surface area contributed by atoms with Crippen molar-refractivity contribution in [3.63, 3.8) is 0 Å². The summed E-state index contributed by atoms with van der Waals surface area (Å²) in [6, 6.07) is 5.13. The molecule has 2 N–H and O–H groups in total. The zero-order valence-corrected chi connectivity index (χ0v) is 12.9. The molecule has 0 spiro atoms. The first kappa shape index (κ1) is 16.0. The second kappa shape index (κ2) is 8.20. The Bertz CT molecular complexity index is 474. The van der Waals surface area contributed by atoms with E-state index in [0.717, 1.165) is 18.8 Å². The van der Waals surface area contributed by atoms with Crippen molar-refractivity contribution in [3.05, 3.63) is 33.3 Å². The van der Waals surface area contributed by atoms with Crippen molar-refractivity contribution in [2.45, 2.75) is 44.6 Å². The van der Waals surface area contributed by atoms with Gasteiger partial charge in [-0.25, -0.2) is 0 Å². The summed E-state index contributed by atoms with van der Waals surface area (Å²) in [5.74, 6) is 0. The minimum atomic E-state index is -0.441. The summed E-state index contributed by atoms with van der Waals surface area (Å²) in [7, 11) is 0. The minimum Gasteiger partial charge on any atom is -0.383 e. The average molecular weight is 312 g/mol. The van der Waals surface area contributed by atoms with Crippen LogP contribution in [-0.2, 0) is 0 Å². The third kappa shape index (κ3) is 5.17. The molecule has 0 heterocycles. The maximum atomic E-state index is 10.6. The van der Waals surface area contributed by atoms with Crippen LogP contribution < -0.4 is 10.6 Å². The number of nitrogens with one attached hydrogen (secondary N) is 2. The van der Waals surface area contributed by atoms with Gasteiger partial charge in [0.2, 0.25) is 0 Å². The molecule has 21 heavy (non-hydrogen) atoms. The molecule has 0 aliphatic heterocycles. The van der Waals surface area contributed by atoms with Crippen LogP contribution in [-0.4, -0.2) is 24.1 Å². The van der Waals surface area contributed by atoms with Gasteiger partial charge in [0.25, 0.3) is 5.69 Å². The number of nitrogens with zero attached hydrogens (tertiary/aromatic N) is 1. The van der Waals surface area contributed by atoms with Gasteiger partial charge < -0.3 is 10.6 Å². The number of non-ortho nitro benzene ring substituents is 1. The van der Waals surface area contributed by atoms with E-state index in [9.17, 15) is 10.1 Å². The van der Waals surface area contributed by atoms with E-state index in [4.69, 9.17) is 11.6 Å². The van der Waals surface area contributed by atoms with Crippen LogP contribution in [0.3, 0.4) is 0 Å². The van der Waals surface area contributed by atoms with Crippen LogP contribution in [0.4, 0.5) is 11.4 Å². The second-order valence-electron chi connectivity index (χ2n) is 5.49. The predicted molar refractivity (Wildman–Crippen MR) is 86.1 cm³/mol. The normalized spacial score (nSPS) is 16.4. The summed E-state index contributed by atoms with van der Waals surface area (Å²) < 4.78 is 0. The van der Waals surface area contributed by atoms with E-state index in [-0.39, 0.29) is 5.69 Å². The molecule has 0 atom stereocenters.